The van der Waals surface area contributed by atoms with Gasteiger partial charge >= 0.3 is 6.18 Å². The van der Waals surface area contributed by atoms with Crippen LogP contribution in [0.2, 0.25) is 0 Å². The highest BCUT2D eigenvalue weighted by molar-refractivity contribution is 5.26. The number of nitrogens with one attached hydrogen (secondary N) is 1. The van der Waals surface area contributed by atoms with Crippen LogP contribution in [0.5, 0.6) is 0 Å². The number of benzene rings is 1. The molecule has 2 rings (SSSR count). The SMILES string of the molecule is CN1CC(NCc2ccc(C(F)(F)F)cc2F)C1. The molecule has 0 atom stereocenters. The van der Waals surface area contributed by atoms with Crippen molar-refractivity contribution in [1.82, 2.24) is 10.2 Å². The van der Waals surface area contributed by atoms with E-state index >= 15 is 0 Å². The molecule has 1 aromatic carbocycles. The topological polar surface area (TPSA) is 15.3 Å². The van der Waals surface area contributed by atoms with Crippen molar-refractivity contribution in [2.75, 3.05) is 20.1 Å². The minimum Gasteiger partial charge on any atom is -0.307 e. The van der Waals surface area contributed by atoms with Crippen LogP contribution >= 0.6 is 0 Å². The van der Waals surface area contributed by atoms with Crippen LogP contribution in [-0.4, -0.2) is 31.1 Å². The number of rotatable bonds is 3. The molecule has 1 heterocycles. The second-order valence-electron chi connectivity index (χ2n) is 4.60. The summed E-state index contributed by atoms with van der Waals surface area (Å²) in [5, 5.41) is 3.10. The van der Waals surface area contributed by atoms with E-state index in [0.29, 0.717) is 6.07 Å². The van der Waals surface area contributed by atoms with Crippen LogP contribution in [0, 0.1) is 5.82 Å². The molecule has 18 heavy (non-hydrogen) atoms. The van der Waals surface area contributed by atoms with Crippen LogP contribution in [0.15, 0.2) is 18.2 Å². The molecule has 1 aliphatic rings. The number of likely N-dealkylation sites (N-methyl/N-ethyl adjacent to an activating group) is 1. The largest absolute Gasteiger partial charge is 0.416 e. The first kappa shape index (κ1) is 13.3. The maximum atomic E-state index is 13.5. The minimum absolute atomic E-state index is 0.252. The monoisotopic (exact) mass is 262 g/mol. The van der Waals surface area contributed by atoms with Gasteiger partial charge < -0.3 is 10.2 Å². The molecular formula is C12H14F4N2. The summed E-state index contributed by atoms with van der Waals surface area (Å²) >= 11 is 0. The zero-order chi connectivity index (χ0) is 13.3. The van der Waals surface area contributed by atoms with E-state index in [2.05, 4.69) is 10.2 Å². The summed E-state index contributed by atoms with van der Waals surface area (Å²) in [5.41, 5.74) is -0.690. The molecule has 0 unspecified atom stereocenters. The van der Waals surface area contributed by atoms with Gasteiger partial charge in [-0.15, -0.1) is 0 Å². The Balaban J connectivity index is 1.97. The number of alkyl halides is 3. The van der Waals surface area contributed by atoms with Gasteiger partial charge in [-0.3, -0.25) is 0 Å². The van der Waals surface area contributed by atoms with Crippen molar-refractivity contribution in [3.63, 3.8) is 0 Å². The molecule has 1 aromatic rings. The average molecular weight is 262 g/mol. The summed E-state index contributed by atoms with van der Waals surface area (Å²) in [6.45, 7) is 2.01. The fraction of sp³-hybridized carbons (Fsp3) is 0.500. The van der Waals surface area contributed by atoms with E-state index in [1.807, 2.05) is 7.05 Å². The maximum absolute atomic E-state index is 13.5. The lowest BCUT2D eigenvalue weighted by Gasteiger charge is -2.36. The summed E-state index contributed by atoms with van der Waals surface area (Å²) < 4.78 is 50.5. The molecule has 0 radical (unpaired) electrons. The Morgan fingerprint density at radius 3 is 2.50 bits per heavy atom. The Bertz CT molecular complexity index is 425. The Morgan fingerprint density at radius 1 is 1.33 bits per heavy atom. The van der Waals surface area contributed by atoms with Gasteiger partial charge in [-0.05, 0) is 19.2 Å². The molecule has 6 heteroatoms. The summed E-state index contributed by atoms with van der Waals surface area (Å²) in [5.74, 6) is -0.815. The van der Waals surface area contributed by atoms with Crippen LogP contribution in [-0.2, 0) is 12.7 Å². The van der Waals surface area contributed by atoms with Gasteiger partial charge in [0.15, 0.2) is 0 Å². The highest BCUT2D eigenvalue weighted by Crippen LogP contribution is 2.30. The Morgan fingerprint density at radius 2 is 2.00 bits per heavy atom. The third kappa shape index (κ3) is 3.00. The van der Waals surface area contributed by atoms with Gasteiger partial charge in [-0.1, -0.05) is 6.07 Å². The van der Waals surface area contributed by atoms with E-state index in [1.165, 1.54) is 6.07 Å². The molecule has 1 N–H and O–H groups in total. The first-order valence-corrected chi connectivity index (χ1v) is 5.64. The van der Waals surface area contributed by atoms with Crippen molar-refractivity contribution in [1.29, 1.82) is 0 Å². The number of nitrogens with zero attached hydrogens (tertiary/aromatic N) is 1. The predicted octanol–water partition coefficient (Wildman–Crippen LogP) is 2.25. The molecule has 1 saturated heterocycles. The van der Waals surface area contributed by atoms with Gasteiger partial charge in [0.1, 0.15) is 5.82 Å². The molecule has 1 fully saturated rings. The molecule has 100 valence electrons. The van der Waals surface area contributed by atoms with Crippen molar-refractivity contribution in [3.8, 4) is 0 Å². The first-order valence-electron chi connectivity index (χ1n) is 5.64. The van der Waals surface area contributed by atoms with Crippen molar-refractivity contribution >= 4 is 0 Å². The zero-order valence-corrected chi connectivity index (χ0v) is 9.89. The summed E-state index contributed by atoms with van der Waals surface area (Å²) in [7, 11) is 1.97. The lowest BCUT2D eigenvalue weighted by molar-refractivity contribution is -0.137. The van der Waals surface area contributed by atoms with Crippen LogP contribution in [0.3, 0.4) is 0 Å². The Labute approximate surface area is 103 Å². The smallest absolute Gasteiger partial charge is 0.307 e. The average Bonchev–Trinajstić information content (AvgIpc) is 2.22. The van der Waals surface area contributed by atoms with Crippen molar-refractivity contribution in [3.05, 3.63) is 35.1 Å². The first-order chi connectivity index (χ1) is 8.36. The maximum Gasteiger partial charge on any atom is 0.416 e. The van der Waals surface area contributed by atoms with Crippen molar-refractivity contribution in [2.24, 2.45) is 0 Å². The van der Waals surface area contributed by atoms with Gasteiger partial charge in [-0.2, -0.15) is 13.2 Å². The fourth-order valence-corrected chi connectivity index (χ4v) is 1.95. The van der Waals surface area contributed by atoms with Gasteiger partial charge in [0.25, 0.3) is 0 Å². The van der Waals surface area contributed by atoms with Crippen LogP contribution in [0.4, 0.5) is 17.6 Å². The number of hydrogen-bond donors (Lipinski definition) is 1. The second kappa shape index (κ2) is 4.85. The van der Waals surface area contributed by atoms with Crippen molar-refractivity contribution < 1.29 is 17.6 Å². The molecule has 0 saturated carbocycles. The normalized spacial score (nSPS) is 17.8. The second-order valence-corrected chi connectivity index (χ2v) is 4.60. The number of halogens is 4. The lowest BCUT2D eigenvalue weighted by Crippen LogP contribution is -2.55. The molecule has 0 aromatic heterocycles. The van der Waals surface area contributed by atoms with E-state index in [4.69, 9.17) is 0 Å². The molecular weight excluding hydrogens is 248 g/mol. The summed E-state index contributed by atoms with van der Waals surface area (Å²) in [6.07, 6.45) is -4.50. The fourth-order valence-electron chi connectivity index (χ4n) is 1.95. The predicted molar refractivity (Wildman–Crippen MR) is 59.5 cm³/mol. The quantitative estimate of drug-likeness (QED) is 0.840. The molecule has 0 bridgehead atoms. The van der Waals surface area contributed by atoms with Crippen LogP contribution in [0.1, 0.15) is 11.1 Å². The molecule has 1 aliphatic heterocycles. The molecule has 0 spiro atoms. The highest BCUT2D eigenvalue weighted by Gasteiger charge is 2.31. The third-order valence-corrected chi connectivity index (χ3v) is 3.03. The van der Waals surface area contributed by atoms with E-state index in [-0.39, 0.29) is 18.2 Å². The van der Waals surface area contributed by atoms with Gasteiger partial charge in [0.05, 0.1) is 5.56 Å². The van der Waals surface area contributed by atoms with Gasteiger partial charge in [0.2, 0.25) is 0 Å². The van der Waals surface area contributed by atoms with E-state index in [1.54, 1.807) is 0 Å². The number of hydrogen-bond acceptors (Lipinski definition) is 2. The van der Waals surface area contributed by atoms with Crippen LogP contribution < -0.4 is 5.32 Å². The standard InChI is InChI=1S/C12H14F4N2/c1-18-6-10(7-18)17-5-8-2-3-9(4-11(8)13)12(14,15)16/h2-4,10,17H,5-7H2,1H3. The summed E-state index contributed by atoms with van der Waals surface area (Å²) in [4.78, 5) is 2.10. The highest BCUT2D eigenvalue weighted by atomic mass is 19.4. The van der Waals surface area contributed by atoms with E-state index in [0.717, 1.165) is 19.2 Å². The third-order valence-electron chi connectivity index (χ3n) is 3.03. The van der Waals surface area contributed by atoms with Crippen molar-refractivity contribution in [2.45, 2.75) is 18.8 Å². The van der Waals surface area contributed by atoms with Crippen LogP contribution in [0.25, 0.3) is 0 Å². The number of likely N-dealkylation sites (tertiary alicyclic amines) is 1. The van der Waals surface area contributed by atoms with E-state index < -0.39 is 17.6 Å². The lowest BCUT2D eigenvalue weighted by atomic mass is 10.1. The Hall–Kier alpha value is -1.14. The molecule has 0 amide bonds. The van der Waals surface area contributed by atoms with Gasteiger partial charge in [-0.25, -0.2) is 4.39 Å². The minimum atomic E-state index is -4.50. The van der Waals surface area contributed by atoms with E-state index in [9.17, 15) is 17.6 Å². The Kier molecular flexibility index (Phi) is 3.59. The van der Waals surface area contributed by atoms with Gasteiger partial charge in [0, 0.05) is 31.2 Å². The summed E-state index contributed by atoms with van der Waals surface area (Å²) in [6, 6.07) is 2.93. The molecule has 0 aliphatic carbocycles. The molecule has 2 nitrogen and oxygen atoms in total. The zero-order valence-electron chi connectivity index (χ0n) is 9.89.